The molecule has 0 atom stereocenters. The molecular formula is C39H84N2O3. The van der Waals surface area contributed by atoms with Gasteiger partial charge in [0, 0.05) is 0 Å². The van der Waals surface area contributed by atoms with Gasteiger partial charge in [0.1, 0.15) is 0 Å². The molecule has 0 N–H and O–H groups in total. The summed E-state index contributed by atoms with van der Waals surface area (Å²) in [6.07, 6.45) is 31.6. The topological polar surface area (TPSA) is 63.2 Å². The summed E-state index contributed by atoms with van der Waals surface area (Å²) in [6, 6.07) is 0. The predicted octanol–water partition coefficient (Wildman–Crippen LogP) is 9.90. The molecule has 0 unspecified atom stereocenters. The van der Waals surface area contributed by atoms with Crippen molar-refractivity contribution >= 4 is 6.16 Å². The first-order valence-electron chi connectivity index (χ1n) is 19.6. The third-order valence-electron chi connectivity index (χ3n) is 9.31. The molecule has 0 rings (SSSR count). The summed E-state index contributed by atoms with van der Waals surface area (Å²) in [5.41, 5.74) is 0. The van der Waals surface area contributed by atoms with Gasteiger partial charge in [0.25, 0.3) is 0 Å². The van der Waals surface area contributed by atoms with Crippen molar-refractivity contribution in [3.05, 3.63) is 0 Å². The summed E-state index contributed by atoms with van der Waals surface area (Å²) >= 11 is 0. The van der Waals surface area contributed by atoms with Crippen molar-refractivity contribution in [3.63, 3.8) is 0 Å². The fourth-order valence-corrected chi connectivity index (χ4v) is 6.19. The predicted molar refractivity (Wildman–Crippen MR) is 192 cm³/mol. The molecule has 0 aliphatic heterocycles. The molecule has 0 radical (unpaired) electrons. The summed E-state index contributed by atoms with van der Waals surface area (Å²) in [5, 5.41) is 16.7. The van der Waals surface area contributed by atoms with Crippen LogP contribution in [0.25, 0.3) is 0 Å². The maximum atomic E-state index is 8.33. The first-order chi connectivity index (χ1) is 21.1. The Morgan fingerprint density at radius 2 is 0.477 bits per heavy atom. The number of quaternary nitrogens is 2. The molecule has 5 nitrogen and oxygen atoms in total. The molecule has 5 heteroatoms. The van der Waals surface area contributed by atoms with Gasteiger partial charge in [-0.05, 0) is 83.2 Å². The van der Waals surface area contributed by atoms with E-state index < -0.39 is 6.16 Å². The van der Waals surface area contributed by atoms with Crippen LogP contribution in [0.3, 0.4) is 0 Å². The summed E-state index contributed by atoms with van der Waals surface area (Å²) < 4.78 is 2.69. The number of nitrogens with zero attached hydrogens (tertiary/aromatic N) is 2. The zero-order valence-corrected chi connectivity index (χ0v) is 31.8. The lowest BCUT2D eigenvalue weighted by atomic mass is 10.1. The van der Waals surface area contributed by atoms with Gasteiger partial charge >= 0.3 is 0 Å². The number of carbonyl (C=O) groups excluding carboxylic acids is 1. The first-order valence-corrected chi connectivity index (χ1v) is 19.6. The Bertz CT molecular complexity index is 447. The molecule has 0 spiro atoms. The van der Waals surface area contributed by atoms with Gasteiger partial charge in [0.2, 0.25) is 0 Å². The van der Waals surface area contributed by atoms with Crippen LogP contribution in [0.2, 0.25) is 0 Å². The van der Waals surface area contributed by atoms with Crippen LogP contribution in [0.5, 0.6) is 0 Å². The minimum Gasteiger partial charge on any atom is -0.652 e. The highest BCUT2D eigenvalue weighted by Crippen LogP contribution is 2.16. The Kier molecular flexibility index (Phi) is 39.7. The number of hydrogen-bond donors (Lipinski definition) is 0. The standard InChI is InChI=1S/2C19H42N.CH2O3/c2*1-5-8-11-14-17-20(4,18-15-12-9-6-2)19-16-13-10-7-3;2-1(3)4/h2*5-19H2,1-4H3;(H2,2,3,4)/q2*+1;/p-2. The summed E-state index contributed by atoms with van der Waals surface area (Å²) in [4.78, 5) is 8.33. The van der Waals surface area contributed by atoms with Crippen molar-refractivity contribution in [2.24, 2.45) is 0 Å². The highest BCUT2D eigenvalue weighted by molar-refractivity contribution is 5.47. The molecule has 0 saturated heterocycles. The zero-order chi connectivity index (χ0) is 33.8. The average Bonchev–Trinajstić information content (AvgIpc) is 2.99. The van der Waals surface area contributed by atoms with E-state index in [9.17, 15) is 0 Å². The van der Waals surface area contributed by atoms with Crippen LogP contribution in [-0.4, -0.2) is 68.5 Å². The molecule has 0 amide bonds. The molecule has 0 aromatic carbocycles. The van der Waals surface area contributed by atoms with E-state index in [1.807, 2.05) is 0 Å². The van der Waals surface area contributed by atoms with Gasteiger partial charge in [-0.25, -0.2) is 0 Å². The number of carboxylic acid groups (broad SMARTS) is 2. The van der Waals surface area contributed by atoms with Gasteiger partial charge in [0.15, 0.2) is 0 Å². The Balaban J connectivity index is -0.000000680. The van der Waals surface area contributed by atoms with Gasteiger partial charge in [-0.3, -0.25) is 0 Å². The van der Waals surface area contributed by atoms with E-state index >= 15 is 0 Å². The van der Waals surface area contributed by atoms with Crippen LogP contribution in [0, 0.1) is 0 Å². The van der Waals surface area contributed by atoms with E-state index in [2.05, 4.69) is 55.6 Å². The molecule has 0 heterocycles. The maximum absolute atomic E-state index is 8.33. The lowest BCUT2D eigenvalue weighted by Gasteiger charge is -2.35. The van der Waals surface area contributed by atoms with E-state index in [1.54, 1.807) is 0 Å². The van der Waals surface area contributed by atoms with Crippen molar-refractivity contribution in [3.8, 4) is 0 Å². The molecular weight excluding hydrogens is 544 g/mol. The third kappa shape index (κ3) is 39.2. The number of rotatable bonds is 30. The number of unbranched alkanes of at least 4 members (excludes halogenated alkanes) is 18. The Labute approximate surface area is 278 Å². The summed E-state index contributed by atoms with van der Waals surface area (Å²) in [6.45, 7) is 22.3. The molecule has 44 heavy (non-hydrogen) atoms. The van der Waals surface area contributed by atoms with Crippen molar-refractivity contribution in [2.75, 3.05) is 53.4 Å². The lowest BCUT2D eigenvalue weighted by Crippen LogP contribution is -2.46. The molecule has 0 bridgehead atoms. The normalized spacial score (nSPS) is 11.5. The van der Waals surface area contributed by atoms with E-state index in [-0.39, 0.29) is 0 Å². The van der Waals surface area contributed by atoms with Crippen molar-refractivity contribution in [2.45, 2.75) is 196 Å². The minimum absolute atomic E-state index is 1.34. The highest BCUT2D eigenvalue weighted by Gasteiger charge is 2.21. The number of hydrogen-bond acceptors (Lipinski definition) is 3. The Morgan fingerprint density at radius 1 is 0.341 bits per heavy atom. The molecule has 0 fully saturated rings. The van der Waals surface area contributed by atoms with Crippen LogP contribution >= 0.6 is 0 Å². The van der Waals surface area contributed by atoms with Crippen molar-refractivity contribution < 1.29 is 24.0 Å². The van der Waals surface area contributed by atoms with Gasteiger partial charge in [-0.15, -0.1) is 0 Å². The van der Waals surface area contributed by atoms with E-state index in [1.165, 1.54) is 202 Å². The van der Waals surface area contributed by atoms with E-state index in [0.29, 0.717) is 0 Å². The minimum atomic E-state index is -2.33. The highest BCUT2D eigenvalue weighted by atomic mass is 16.6. The van der Waals surface area contributed by atoms with Gasteiger partial charge in [-0.1, -0.05) is 119 Å². The number of carbonyl (C=O) groups is 1. The second-order valence-corrected chi connectivity index (χ2v) is 14.2. The third-order valence-corrected chi connectivity index (χ3v) is 9.31. The van der Waals surface area contributed by atoms with Gasteiger partial charge < -0.3 is 24.0 Å². The van der Waals surface area contributed by atoms with E-state index in [0.717, 1.165) is 0 Å². The Hall–Kier alpha value is -0.810. The van der Waals surface area contributed by atoms with E-state index in [4.69, 9.17) is 15.0 Å². The summed E-state index contributed by atoms with van der Waals surface area (Å²) in [7, 11) is 5.04. The Morgan fingerprint density at radius 3 is 0.591 bits per heavy atom. The van der Waals surface area contributed by atoms with Crippen LogP contribution in [0.15, 0.2) is 0 Å². The van der Waals surface area contributed by atoms with Crippen molar-refractivity contribution in [1.29, 1.82) is 0 Å². The second kappa shape index (κ2) is 36.7. The lowest BCUT2D eigenvalue weighted by molar-refractivity contribution is -0.910. The monoisotopic (exact) mass is 629 g/mol. The van der Waals surface area contributed by atoms with Crippen LogP contribution in [0.1, 0.15) is 196 Å². The van der Waals surface area contributed by atoms with Crippen LogP contribution < -0.4 is 10.2 Å². The molecule has 0 aliphatic carbocycles. The van der Waals surface area contributed by atoms with Crippen LogP contribution in [0.4, 0.5) is 4.79 Å². The van der Waals surface area contributed by atoms with Gasteiger partial charge in [-0.2, -0.15) is 0 Å². The van der Waals surface area contributed by atoms with Crippen LogP contribution in [-0.2, 0) is 0 Å². The molecule has 0 aliphatic rings. The quantitative estimate of drug-likeness (QED) is 0.0587. The molecule has 0 aromatic rings. The maximum Gasteiger partial charge on any atom is 0.0784 e. The fourth-order valence-electron chi connectivity index (χ4n) is 6.19. The molecule has 268 valence electrons. The average molecular weight is 629 g/mol. The van der Waals surface area contributed by atoms with Gasteiger partial charge in [0.05, 0.1) is 53.4 Å². The smallest absolute Gasteiger partial charge is 0.0784 e. The zero-order valence-electron chi connectivity index (χ0n) is 31.8. The SMILES string of the molecule is CCCCCC[N+](C)(CCCCCC)CCCCCC.CCCCCC[N+](C)(CCCCCC)CCCCCC.O=C([O-])[O-]. The fraction of sp³-hybridized carbons (Fsp3) is 0.974. The largest absolute Gasteiger partial charge is 0.652 e. The van der Waals surface area contributed by atoms with Crippen molar-refractivity contribution in [1.82, 2.24) is 0 Å². The second-order valence-electron chi connectivity index (χ2n) is 14.2. The first kappa shape index (κ1) is 47.6. The molecule has 0 saturated carbocycles. The summed E-state index contributed by atoms with van der Waals surface area (Å²) in [5.74, 6) is 0. The molecule has 0 aromatic heterocycles.